The Hall–Kier alpha value is -1.42. The first-order chi connectivity index (χ1) is 8.24. The molecule has 0 aromatic heterocycles. The quantitative estimate of drug-likeness (QED) is 0.843. The van der Waals surface area contributed by atoms with E-state index in [-0.39, 0.29) is 11.8 Å². The fourth-order valence-electron chi connectivity index (χ4n) is 1.69. The summed E-state index contributed by atoms with van der Waals surface area (Å²) < 4.78 is 11.0. The minimum Gasteiger partial charge on any atom is -0.486 e. The second-order valence-corrected chi connectivity index (χ2v) is 3.97. The molecule has 0 spiro atoms. The summed E-state index contributed by atoms with van der Waals surface area (Å²) >= 11 is 5.47. The predicted octanol–water partition coefficient (Wildman–Crippen LogP) is 2.20. The normalized spacial score (nSPS) is 13.3. The number of nitrogens with one attached hydrogen (secondary N) is 1. The molecule has 1 N–H and O–H groups in total. The third kappa shape index (κ3) is 2.64. The number of carbonyl (C=O) groups is 1. The van der Waals surface area contributed by atoms with Gasteiger partial charge in [-0.05, 0) is 24.1 Å². The van der Waals surface area contributed by atoms with Crippen LogP contribution in [0.15, 0.2) is 12.1 Å². The minimum absolute atomic E-state index is 0.0774. The number of rotatable bonds is 3. The second-order valence-electron chi connectivity index (χ2n) is 3.70. The van der Waals surface area contributed by atoms with Crippen LogP contribution in [-0.4, -0.2) is 25.0 Å². The van der Waals surface area contributed by atoms with Gasteiger partial charge < -0.3 is 14.8 Å². The largest absolute Gasteiger partial charge is 0.486 e. The highest BCUT2D eigenvalue weighted by atomic mass is 35.5. The first-order valence-corrected chi connectivity index (χ1v) is 6.06. The lowest BCUT2D eigenvalue weighted by molar-refractivity contribution is -0.113. The number of alkyl halides is 1. The predicted molar refractivity (Wildman–Crippen MR) is 66.2 cm³/mol. The number of carbonyl (C=O) groups excluding carboxylic acids is 1. The monoisotopic (exact) mass is 255 g/mol. The van der Waals surface area contributed by atoms with Crippen molar-refractivity contribution in [2.24, 2.45) is 0 Å². The van der Waals surface area contributed by atoms with Gasteiger partial charge >= 0.3 is 0 Å². The van der Waals surface area contributed by atoms with E-state index in [1.807, 2.05) is 19.1 Å². The Morgan fingerprint density at radius 2 is 2.18 bits per heavy atom. The zero-order valence-electron chi connectivity index (χ0n) is 9.59. The van der Waals surface area contributed by atoms with Crippen LogP contribution < -0.4 is 14.8 Å². The van der Waals surface area contributed by atoms with Gasteiger partial charge in [-0.15, -0.1) is 11.6 Å². The molecule has 0 bridgehead atoms. The maximum absolute atomic E-state index is 11.3. The molecular weight excluding hydrogens is 242 g/mol. The first kappa shape index (κ1) is 12.0. The third-order valence-electron chi connectivity index (χ3n) is 2.51. The van der Waals surface area contributed by atoms with Crippen LogP contribution in [0.3, 0.4) is 0 Å². The highest BCUT2D eigenvalue weighted by Gasteiger charge is 2.18. The number of amides is 1. The standard InChI is InChI=1S/C12H14ClNO3/c1-2-8-5-9(14-11(15)7-13)12-10(6-8)16-3-4-17-12/h5-6H,2-4,7H2,1H3,(H,14,15). The van der Waals surface area contributed by atoms with Crippen LogP contribution in [0, 0.1) is 0 Å². The Kier molecular flexibility index (Phi) is 3.74. The van der Waals surface area contributed by atoms with E-state index in [1.54, 1.807) is 0 Å². The minimum atomic E-state index is -0.253. The van der Waals surface area contributed by atoms with Crippen LogP contribution in [0.4, 0.5) is 5.69 Å². The molecule has 0 saturated carbocycles. The first-order valence-electron chi connectivity index (χ1n) is 5.53. The summed E-state index contributed by atoms with van der Waals surface area (Å²) in [5.74, 6) is 0.940. The molecule has 92 valence electrons. The number of fused-ring (bicyclic) bond motifs is 1. The average molecular weight is 256 g/mol. The van der Waals surface area contributed by atoms with Crippen LogP contribution in [0.1, 0.15) is 12.5 Å². The maximum Gasteiger partial charge on any atom is 0.239 e. The maximum atomic E-state index is 11.3. The molecule has 2 rings (SSSR count). The van der Waals surface area contributed by atoms with Gasteiger partial charge in [0.1, 0.15) is 19.1 Å². The van der Waals surface area contributed by atoms with Gasteiger partial charge in [0.15, 0.2) is 11.5 Å². The van der Waals surface area contributed by atoms with Crippen molar-refractivity contribution in [3.63, 3.8) is 0 Å². The number of hydrogen-bond acceptors (Lipinski definition) is 3. The van der Waals surface area contributed by atoms with Gasteiger partial charge in [0, 0.05) is 0 Å². The molecule has 1 aliphatic heterocycles. The number of anilines is 1. The SMILES string of the molecule is CCc1cc(NC(=O)CCl)c2c(c1)OCCO2. The molecule has 0 atom stereocenters. The molecular formula is C12H14ClNO3. The number of halogens is 1. The van der Waals surface area contributed by atoms with Crippen molar-refractivity contribution >= 4 is 23.2 Å². The van der Waals surface area contributed by atoms with E-state index in [1.165, 1.54) is 0 Å². The van der Waals surface area contributed by atoms with E-state index in [0.29, 0.717) is 30.4 Å². The number of hydrogen-bond donors (Lipinski definition) is 1. The van der Waals surface area contributed by atoms with Gasteiger partial charge in [0.05, 0.1) is 5.69 Å². The van der Waals surface area contributed by atoms with Crippen LogP contribution in [0.5, 0.6) is 11.5 Å². The summed E-state index contributed by atoms with van der Waals surface area (Å²) in [6, 6.07) is 3.82. The van der Waals surface area contributed by atoms with E-state index in [0.717, 1.165) is 12.0 Å². The van der Waals surface area contributed by atoms with Gasteiger partial charge in [0.2, 0.25) is 5.91 Å². The van der Waals surface area contributed by atoms with Crippen LogP contribution in [0.25, 0.3) is 0 Å². The van der Waals surface area contributed by atoms with Crippen molar-refractivity contribution in [3.05, 3.63) is 17.7 Å². The third-order valence-corrected chi connectivity index (χ3v) is 2.75. The molecule has 0 radical (unpaired) electrons. The summed E-state index contributed by atoms with van der Waals surface area (Å²) in [7, 11) is 0. The van der Waals surface area contributed by atoms with Crippen molar-refractivity contribution in [1.29, 1.82) is 0 Å². The van der Waals surface area contributed by atoms with E-state index >= 15 is 0 Å². The van der Waals surface area contributed by atoms with Crippen molar-refractivity contribution < 1.29 is 14.3 Å². The number of ether oxygens (including phenoxy) is 2. The lowest BCUT2D eigenvalue weighted by Gasteiger charge is -2.22. The van der Waals surface area contributed by atoms with Crippen LogP contribution in [-0.2, 0) is 11.2 Å². The molecule has 5 heteroatoms. The molecule has 4 nitrogen and oxygen atoms in total. The summed E-state index contributed by atoms with van der Waals surface area (Å²) in [6.45, 7) is 3.06. The molecule has 0 aliphatic carbocycles. The topological polar surface area (TPSA) is 47.6 Å². The molecule has 1 aliphatic rings. The van der Waals surface area contributed by atoms with Gasteiger partial charge in [-0.2, -0.15) is 0 Å². The molecule has 0 unspecified atom stereocenters. The Balaban J connectivity index is 2.37. The summed E-state index contributed by atoms with van der Waals surface area (Å²) in [4.78, 5) is 11.3. The Bertz CT molecular complexity index is 434. The van der Waals surface area contributed by atoms with Crippen molar-refractivity contribution in [3.8, 4) is 11.5 Å². The van der Waals surface area contributed by atoms with Gasteiger partial charge in [-0.25, -0.2) is 0 Å². The molecule has 1 aromatic carbocycles. The molecule has 0 saturated heterocycles. The Labute approximate surface area is 105 Å². The van der Waals surface area contributed by atoms with Crippen molar-refractivity contribution in [2.75, 3.05) is 24.4 Å². The molecule has 1 heterocycles. The van der Waals surface area contributed by atoms with E-state index < -0.39 is 0 Å². The van der Waals surface area contributed by atoms with E-state index in [9.17, 15) is 4.79 Å². The highest BCUT2D eigenvalue weighted by molar-refractivity contribution is 6.29. The van der Waals surface area contributed by atoms with Gasteiger partial charge in [-0.1, -0.05) is 6.92 Å². The summed E-state index contributed by atoms with van der Waals surface area (Å²) in [5, 5.41) is 2.72. The number of aryl methyl sites for hydroxylation is 1. The van der Waals surface area contributed by atoms with Crippen LogP contribution >= 0.6 is 11.6 Å². The Morgan fingerprint density at radius 3 is 2.88 bits per heavy atom. The summed E-state index contributed by atoms with van der Waals surface area (Å²) in [6.07, 6.45) is 0.861. The highest BCUT2D eigenvalue weighted by Crippen LogP contribution is 2.39. The molecule has 1 amide bonds. The van der Waals surface area contributed by atoms with Crippen molar-refractivity contribution in [1.82, 2.24) is 0 Å². The lowest BCUT2D eigenvalue weighted by Crippen LogP contribution is -2.19. The fraction of sp³-hybridized carbons (Fsp3) is 0.417. The van der Waals surface area contributed by atoms with E-state index in [4.69, 9.17) is 21.1 Å². The number of benzene rings is 1. The molecule has 0 fully saturated rings. The van der Waals surface area contributed by atoms with Crippen LogP contribution in [0.2, 0.25) is 0 Å². The Morgan fingerprint density at radius 1 is 1.41 bits per heavy atom. The fourth-order valence-corrected chi connectivity index (χ4v) is 1.76. The average Bonchev–Trinajstić information content (AvgIpc) is 2.38. The van der Waals surface area contributed by atoms with E-state index in [2.05, 4.69) is 5.32 Å². The zero-order valence-corrected chi connectivity index (χ0v) is 10.3. The molecule has 1 aromatic rings. The van der Waals surface area contributed by atoms with Gasteiger partial charge in [-0.3, -0.25) is 4.79 Å². The smallest absolute Gasteiger partial charge is 0.239 e. The summed E-state index contributed by atoms with van der Waals surface area (Å²) in [5.41, 5.74) is 1.71. The molecule has 17 heavy (non-hydrogen) atoms. The van der Waals surface area contributed by atoms with Crippen molar-refractivity contribution in [2.45, 2.75) is 13.3 Å². The second kappa shape index (κ2) is 5.27. The lowest BCUT2D eigenvalue weighted by atomic mass is 10.1. The van der Waals surface area contributed by atoms with Gasteiger partial charge in [0.25, 0.3) is 0 Å². The zero-order chi connectivity index (χ0) is 12.3.